The van der Waals surface area contributed by atoms with Gasteiger partial charge in [-0.05, 0) is 43.5 Å². The Kier molecular flexibility index (Phi) is 5.00. The summed E-state index contributed by atoms with van der Waals surface area (Å²) in [7, 11) is 0. The Morgan fingerprint density at radius 3 is 3.00 bits per heavy atom. The van der Waals surface area contributed by atoms with Gasteiger partial charge in [-0.25, -0.2) is 4.39 Å². The number of halogens is 3. The predicted molar refractivity (Wildman–Crippen MR) is 75.9 cm³/mol. The average molecular weight is 365 g/mol. The van der Waals surface area contributed by atoms with Gasteiger partial charge in [-0.15, -0.1) is 0 Å². The van der Waals surface area contributed by atoms with E-state index in [4.69, 9.17) is 0 Å². The van der Waals surface area contributed by atoms with Crippen LogP contribution in [0.15, 0.2) is 22.7 Å². The van der Waals surface area contributed by atoms with Gasteiger partial charge in [0.05, 0.1) is 0 Å². The highest BCUT2D eigenvalue weighted by Crippen LogP contribution is 2.22. The standard InChI is InChI=1S/C13H16Br2FN/c14-7-10-2-1-5-17(8-10)9-11-6-12(15)3-4-13(11)16/h3-4,6,10H,1-2,5,7-9H2. The normalized spacial score (nSPS) is 21.7. The van der Waals surface area contributed by atoms with Crippen LogP contribution in [-0.4, -0.2) is 23.3 Å². The minimum absolute atomic E-state index is 0.103. The van der Waals surface area contributed by atoms with Crippen molar-refractivity contribution in [3.8, 4) is 0 Å². The Hall–Kier alpha value is 0.0700. The number of alkyl halides is 1. The van der Waals surface area contributed by atoms with E-state index in [0.717, 1.165) is 35.0 Å². The summed E-state index contributed by atoms with van der Waals surface area (Å²) in [6.07, 6.45) is 2.49. The maximum absolute atomic E-state index is 13.6. The van der Waals surface area contributed by atoms with Crippen LogP contribution in [0.4, 0.5) is 4.39 Å². The van der Waals surface area contributed by atoms with Crippen LogP contribution in [0.5, 0.6) is 0 Å². The quantitative estimate of drug-likeness (QED) is 0.726. The van der Waals surface area contributed by atoms with Gasteiger partial charge in [0.1, 0.15) is 5.82 Å². The molecular formula is C13H16Br2FN. The van der Waals surface area contributed by atoms with Crippen LogP contribution in [0.2, 0.25) is 0 Å². The molecule has 0 aromatic heterocycles. The largest absolute Gasteiger partial charge is 0.299 e. The molecule has 1 saturated heterocycles. The van der Waals surface area contributed by atoms with Gasteiger partial charge in [0, 0.05) is 28.5 Å². The lowest BCUT2D eigenvalue weighted by Gasteiger charge is -2.31. The number of piperidine rings is 1. The molecule has 1 aromatic carbocycles. The maximum atomic E-state index is 13.6. The molecule has 0 amide bonds. The highest BCUT2D eigenvalue weighted by Gasteiger charge is 2.19. The fraction of sp³-hybridized carbons (Fsp3) is 0.538. The Morgan fingerprint density at radius 1 is 1.41 bits per heavy atom. The minimum Gasteiger partial charge on any atom is -0.299 e. The molecule has 1 fully saturated rings. The van der Waals surface area contributed by atoms with Crippen LogP contribution in [0.25, 0.3) is 0 Å². The molecule has 1 aliphatic heterocycles. The number of hydrogen-bond donors (Lipinski definition) is 0. The summed E-state index contributed by atoms with van der Waals surface area (Å²) in [4.78, 5) is 2.35. The van der Waals surface area contributed by atoms with Crippen molar-refractivity contribution in [3.05, 3.63) is 34.1 Å². The molecule has 4 heteroatoms. The van der Waals surface area contributed by atoms with Crippen LogP contribution >= 0.6 is 31.9 Å². The first-order valence-electron chi connectivity index (χ1n) is 5.91. The van der Waals surface area contributed by atoms with Crippen LogP contribution in [-0.2, 0) is 6.54 Å². The zero-order valence-corrected chi connectivity index (χ0v) is 12.8. The molecule has 1 atom stereocenters. The molecule has 1 aromatic rings. The number of rotatable bonds is 3. The topological polar surface area (TPSA) is 3.24 Å². The molecular weight excluding hydrogens is 349 g/mol. The van der Waals surface area contributed by atoms with Crippen LogP contribution in [0, 0.1) is 11.7 Å². The van der Waals surface area contributed by atoms with Gasteiger partial charge in [-0.3, -0.25) is 4.90 Å². The van der Waals surface area contributed by atoms with Gasteiger partial charge < -0.3 is 0 Å². The number of hydrogen-bond acceptors (Lipinski definition) is 1. The lowest BCUT2D eigenvalue weighted by Crippen LogP contribution is -2.35. The maximum Gasteiger partial charge on any atom is 0.127 e. The molecule has 17 heavy (non-hydrogen) atoms. The second-order valence-corrected chi connectivity index (χ2v) is 6.20. The second kappa shape index (κ2) is 6.30. The van der Waals surface area contributed by atoms with Crippen molar-refractivity contribution in [2.24, 2.45) is 5.92 Å². The van der Waals surface area contributed by atoms with Crippen molar-refractivity contribution >= 4 is 31.9 Å². The van der Waals surface area contributed by atoms with E-state index in [1.54, 1.807) is 6.07 Å². The summed E-state index contributed by atoms with van der Waals surface area (Å²) in [6.45, 7) is 2.86. The van der Waals surface area contributed by atoms with Crippen molar-refractivity contribution in [1.82, 2.24) is 4.90 Å². The van der Waals surface area contributed by atoms with Crippen molar-refractivity contribution in [2.75, 3.05) is 18.4 Å². The summed E-state index contributed by atoms with van der Waals surface area (Å²) < 4.78 is 14.6. The first-order valence-corrected chi connectivity index (χ1v) is 7.82. The minimum atomic E-state index is -0.103. The molecule has 0 aliphatic carbocycles. The van der Waals surface area contributed by atoms with Crippen LogP contribution in [0.1, 0.15) is 18.4 Å². The fourth-order valence-electron chi connectivity index (χ4n) is 2.33. The summed E-state index contributed by atoms with van der Waals surface area (Å²) >= 11 is 6.94. The van der Waals surface area contributed by atoms with Gasteiger partial charge in [0.2, 0.25) is 0 Å². The molecule has 0 N–H and O–H groups in total. The van der Waals surface area contributed by atoms with Gasteiger partial charge in [-0.1, -0.05) is 31.9 Å². The van der Waals surface area contributed by atoms with E-state index in [9.17, 15) is 4.39 Å². The zero-order chi connectivity index (χ0) is 12.3. The summed E-state index contributed by atoms with van der Waals surface area (Å²) in [6, 6.07) is 5.16. The number of nitrogens with zero attached hydrogens (tertiary/aromatic N) is 1. The van der Waals surface area contributed by atoms with Gasteiger partial charge >= 0.3 is 0 Å². The van der Waals surface area contributed by atoms with E-state index in [1.165, 1.54) is 18.9 Å². The molecule has 94 valence electrons. The van der Waals surface area contributed by atoms with E-state index in [2.05, 4.69) is 36.8 Å². The van der Waals surface area contributed by atoms with E-state index in [1.807, 2.05) is 6.07 Å². The second-order valence-electron chi connectivity index (χ2n) is 4.63. The molecule has 2 rings (SSSR count). The molecule has 1 nitrogen and oxygen atoms in total. The Labute approximate surface area is 119 Å². The van der Waals surface area contributed by atoms with E-state index < -0.39 is 0 Å². The van der Waals surface area contributed by atoms with Crippen molar-refractivity contribution in [3.63, 3.8) is 0 Å². The Balaban J connectivity index is 2.02. The van der Waals surface area contributed by atoms with Crippen molar-refractivity contribution in [2.45, 2.75) is 19.4 Å². The van der Waals surface area contributed by atoms with Crippen LogP contribution in [0.3, 0.4) is 0 Å². The van der Waals surface area contributed by atoms with Gasteiger partial charge in [-0.2, -0.15) is 0 Å². The third-order valence-electron chi connectivity index (χ3n) is 3.22. The Morgan fingerprint density at radius 2 is 2.24 bits per heavy atom. The number of likely N-dealkylation sites (tertiary alicyclic amines) is 1. The highest BCUT2D eigenvalue weighted by atomic mass is 79.9. The summed E-state index contributed by atoms with van der Waals surface area (Å²) in [5.74, 6) is 0.605. The van der Waals surface area contributed by atoms with E-state index in [0.29, 0.717) is 5.92 Å². The molecule has 1 unspecified atom stereocenters. The smallest absolute Gasteiger partial charge is 0.127 e. The predicted octanol–water partition coefficient (Wildman–Crippen LogP) is 4.20. The van der Waals surface area contributed by atoms with E-state index >= 15 is 0 Å². The monoisotopic (exact) mass is 363 g/mol. The molecule has 0 saturated carbocycles. The molecule has 0 spiro atoms. The zero-order valence-electron chi connectivity index (χ0n) is 9.63. The molecule has 0 radical (unpaired) electrons. The highest BCUT2D eigenvalue weighted by molar-refractivity contribution is 9.10. The molecule has 1 heterocycles. The molecule has 0 bridgehead atoms. The Bertz CT molecular complexity index is 384. The third kappa shape index (κ3) is 3.76. The number of benzene rings is 1. The van der Waals surface area contributed by atoms with Crippen molar-refractivity contribution in [1.29, 1.82) is 0 Å². The first kappa shape index (κ1) is 13.5. The third-order valence-corrected chi connectivity index (χ3v) is 4.63. The van der Waals surface area contributed by atoms with Gasteiger partial charge in [0.15, 0.2) is 0 Å². The average Bonchev–Trinajstić information content (AvgIpc) is 2.34. The fourth-order valence-corrected chi connectivity index (χ4v) is 3.26. The SMILES string of the molecule is Fc1ccc(Br)cc1CN1CCCC(CBr)C1. The molecule has 1 aliphatic rings. The van der Waals surface area contributed by atoms with Crippen LogP contribution < -0.4 is 0 Å². The lowest BCUT2D eigenvalue weighted by atomic mass is 10.00. The summed E-state index contributed by atoms with van der Waals surface area (Å²) in [5.41, 5.74) is 0.787. The lowest BCUT2D eigenvalue weighted by molar-refractivity contribution is 0.177. The first-order chi connectivity index (χ1) is 8.19. The van der Waals surface area contributed by atoms with E-state index in [-0.39, 0.29) is 5.82 Å². The van der Waals surface area contributed by atoms with Crippen molar-refractivity contribution < 1.29 is 4.39 Å². The van der Waals surface area contributed by atoms with Gasteiger partial charge in [0.25, 0.3) is 0 Å². The summed E-state index contributed by atoms with van der Waals surface area (Å²) in [5, 5.41) is 1.05.